The van der Waals surface area contributed by atoms with Crippen molar-refractivity contribution in [3.8, 4) is 0 Å². The molecule has 0 aromatic heterocycles. The second kappa shape index (κ2) is 9.26. The molecule has 1 heterocycles. The summed E-state index contributed by atoms with van der Waals surface area (Å²) >= 11 is 0. The van der Waals surface area contributed by atoms with E-state index in [1.807, 2.05) is 12.1 Å². The van der Waals surface area contributed by atoms with Crippen LogP contribution < -0.4 is 0 Å². The maximum Gasteiger partial charge on any atom is 0.127 e. The number of aryl methyl sites for hydroxylation is 1. The van der Waals surface area contributed by atoms with Gasteiger partial charge in [0.1, 0.15) is 5.82 Å². The Kier molecular flexibility index (Phi) is 6.78. The van der Waals surface area contributed by atoms with Crippen LogP contribution in [0.4, 0.5) is 4.39 Å². The molecule has 2 aromatic rings. The Morgan fingerprint density at radius 3 is 2.42 bits per heavy atom. The number of aliphatic hydroxyl groups excluding tert-OH is 1. The summed E-state index contributed by atoms with van der Waals surface area (Å²) in [4.78, 5) is 4.75. The number of benzene rings is 2. The lowest BCUT2D eigenvalue weighted by atomic mass is 10.0. The summed E-state index contributed by atoms with van der Waals surface area (Å²) in [5.74, 6) is -0.145. The van der Waals surface area contributed by atoms with Crippen molar-refractivity contribution in [1.82, 2.24) is 9.80 Å². The molecule has 2 aromatic carbocycles. The van der Waals surface area contributed by atoms with Gasteiger partial charge in [-0.25, -0.2) is 4.39 Å². The minimum absolute atomic E-state index is 0.145. The Hall–Kier alpha value is -1.75. The highest BCUT2D eigenvalue weighted by atomic mass is 19.1. The fraction of sp³-hybridized carbons (Fsp3) is 0.455. The molecule has 1 aliphatic heterocycles. The summed E-state index contributed by atoms with van der Waals surface area (Å²) in [6.45, 7) is 6.64. The molecule has 26 heavy (non-hydrogen) atoms. The van der Waals surface area contributed by atoms with Gasteiger partial charge in [-0.1, -0.05) is 49.4 Å². The van der Waals surface area contributed by atoms with Crippen LogP contribution in [-0.4, -0.2) is 47.2 Å². The second-order valence-corrected chi connectivity index (χ2v) is 7.13. The van der Waals surface area contributed by atoms with Crippen molar-refractivity contribution in [3.05, 3.63) is 71.0 Å². The highest BCUT2D eigenvalue weighted by Gasteiger charge is 2.27. The van der Waals surface area contributed by atoms with E-state index in [0.717, 1.165) is 44.6 Å². The summed E-state index contributed by atoms with van der Waals surface area (Å²) in [6, 6.07) is 16.1. The number of piperazine rings is 1. The monoisotopic (exact) mass is 356 g/mol. The molecule has 3 rings (SSSR count). The molecule has 0 amide bonds. The summed E-state index contributed by atoms with van der Waals surface area (Å²) in [6.07, 6.45) is 1.79. The number of nitrogens with zero attached hydrogens (tertiary/aromatic N) is 2. The maximum absolute atomic E-state index is 14.0. The van der Waals surface area contributed by atoms with Gasteiger partial charge < -0.3 is 5.11 Å². The quantitative estimate of drug-likeness (QED) is 0.823. The molecule has 3 nitrogen and oxygen atoms in total. The van der Waals surface area contributed by atoms with Crippen LogP contribution >= 0.6 is 0 Å². The number of hydrogen-bond acceptors (Lipinski definition) is 3. The van der Waals surface area contributed by atoms with Crippen LogP contribution in [0.3, 0.4) is 0 Å². The largest absolute Gasteiger partial charge is 0.396 e. The molecule has 1 saturated heterocycles. The van der Waals surface area contributed by atoms with Crippen LogP contribution in [0.5, 0.6) is 0 Å². The van der Waals surface area contributed by atoms with E-state index in [4.69, 9.17) is 0 Å². The van der Waals surface area contributed by atoms with Gasteiger partial charge in [0.25, 0.3) is 0 Å². The van der Waals surface area contributed by atoms with Crippen LogP contribution in [0.25, 0.3) is 0 Å². The molecule has 0 unspecified atom stereocenters. The first-order chi connectivity index (χ1) is 12.7. The van der Waals surface area contributed by atoms with Gasteiger partial charge in [0.15, 0.2) is 0 Å². The smallest absolute Gasteiger partial charge is 0.127 e. The first-order valence-corrected chi connectivity index (χ1v) is 9.58. The third kappa shape index (κ3) is 4.91. The van der Waals surface area contributed by atoms with Gasteiger partial charge in [-0.3, -0.25) is 9.80 Å². The highest BCUT2D eigenvalue weighted by Crippen LogP contribution is 2.20. The van der Waals surface area contributed by atoms with Crippen molar-refractivity contribution in [1.29, 1.82) is 0 Å². The van der Waals surface area contributed by atoms with Crippen molar-refractivity contribution in [2.75, 3.05) is 26.2 Å². The van der Waals surface area contributed by atoms with E-state index in [1.165, 1.54) is 17.2 Å². The number of rotatable bonds is 7. The van der Waals surface area contributed by atoms with Gasteiger partial charge >= 0.3 is 0 Å². The molecule has 1 aliphatic rings. The van der Waals surface area contributed by atoms with E-state index in [-0.39, 0.29) is 18.5 Å². The summed E-state index contributed by atoms with van der Waals surface area (Å²) in [5.41, 5.74) is 3.42. The fourth-order valence-corrected chi connectivity index (χ4v) is 3.72. The SMILES string of the molecule is CCc1ccc(CN2CCN(Cc3ccccc3F)[C@H](CCO)C2)cc1. The van der Waals surface area contributed by atoms with E-state index in [2.05, 4.69) is 41.0 Å². The van der Waals surface area contributed by atoms with E-state index < -0.39 is 0 Å². The number of aliphatic hydroxyl groups is 1. The molecule has 0 spiro atoms. The lowest BCUT2D eigenvalue weighted by Gasteiger charge is -2.41. The molecule has 4 heteroatoms. The van der Waals surface area contributed by atoms with Crippen molar-refractivity contribution in [2.45, 2.75) is 38.9 Å². The number of halogens is 1. The zero-order chi connectivity index (χ0) is 18.4. The van der Waals surface area contributed by atoms with Gasteiger partial charge in [0.2, 0.25) is 0 Å². The van der Waals surface area contributed by atoms with Crippen LogP contribution in [0.15, 0.2) is 48.5 Å². The first kappa shape index (κ1) is 19.0. The van der Waals surface area contributed by atoms with Crippen molar-refractivity contribution in [3.63, 3.8) is 0 Å². The lowest BCUT2D eigenvalue weighted by Crippen LogP contribution is -2.52. The molecule has 0 radical (unpaired) electrons. The fourth-order valence-electron chi connectivity index (χ4n) is 3.72. The molecular weight excluding hydrogens is 327 g/mol. The Labute approximate surface area is 156 Å². The van der Waals surface area contributed by atoms with E-state index in [0.29, 0.717) is 6.54 Å². The molecule has 1 fully saturated rings. The van der Waals surface area contributed by atoms with Crippen molar-refractivity contribution < 1.29 is 9.50 Å². The van der Waals surface area contributed by atoms with Crippen LogP contribution in [0.1, 0.15) is 30.0 Å². The Morgan fingerprint density at radius 1 is 1.00 bits per heavy atom. The predicted molar refractivity (Wildman–Crippen MR) is 103 cm³/mol. The van der Waals surface area contributed by atoms with E-state index >= 15 is 0 Å². The zero-order valence-corrected chi connectivity index (χ0v) is 15.6. The zero-order valence-electron chi connectivity index (χ0n) is 15.6. The molecule has 1 N–H and O–H groups in total. The molecule has 0 saturated carbocycles. The standard InChI is InChI=1S/C22H29FN2O/c1-2-18-7-9-19(10-8-18)15-24-12-13-25(21(17-24)11-14-26)16-20-5-3-4-6-22(20)23/h3-10,21,26H,2,11-17H2,1H3/t21-/m1/s1. The second-order valence-electron chi connectivity index (χ2n) is 7.13. The summed E-state index contributed by atoms with van der Waals surface area (Å²) < 4.78 is 14.0. The topological polar surface area (TPSA) is 26.7 Å². The third-order valence-corrected chi connectivity index (χ3v) is 5.32. The average molecular weight is 356 g/mol. The average Bonchev–Trinajstić information content (AvgIpc) is 2.66. The molecule has 1 atom stereocenters. The molecule has 0 aliphatic carbocycles. The minimum Gasteiger partial charge on any atom is -0.396 e. The molecule has 0 bridgehead atoms. The predicted octanol–water partition coefficient (Wildman–Crippen LogP) is 3.46. The lowest BCUT2D eigenvalue weighted by molar-refractivity contribution is 0.0493. The van der Waals surface area contributed by atoms with E-state index in [1.54, 1.807) is 6.07 Å². The van der Waals surface area contributed by atoms with Gasteiger partial charge in [0.05, 0.1) is 0 Å². The van der Waals surface area contributed by atoms with E-state index in [9.17, 15) is 9.50 Å². The van der Waals surface area contributed by atoms with Crippen LogP contribution in [-0.2, 0) is 19.5 Å². The van der Waals surface area contributed by atoms with Crippen LogP contribution in [0.2, 0.25) is 0 Å². The van der Waals surface area contributed by atoms with Crippen LogP contribution in [0, 0.1) is 5.82 Å². The Bertz CT molecular complexity index is 689. The van der Waals surface area contributed by atoms with Gasteiger partial charge in [-0.2, -0.15) is 0 Å². The first-order valence-electron chi connectivity index (χ1n) is 9.58. The Balaban J connectivity index is 1.62. The Morgan fingerprint density at radius 2 is 1.73 bits per heavy atom. The third-order valence-electron chi connectivity index (χ3n) is 5.32. The van der Waals surface area contributed by atoms with Gasteiger partial charge in [-0.05, 0) is 30.0 Å². The van der Waals surface area contributed by atoms with Crippen molar-refractivity contribution >= 4 is 0 Å². The molecule has 140 valence electrons. The molecular formula is C22H29FN2O. The van der Waals surface area contributed by atoms with Gasteiger partial charge in [-0.15, -0.1) is 0 Å². The number of hydrogen-bond donors (Lipinski definition) is 1. The van der Waals surface area contributed by atoms with Crippen molar-refractivity contribution in [2.24, 2.45) is 0 Å². The van der Waals surface area contributed by atoms with Gasteiger partial charge in [0, 0.05) is 50.9 Å². The highest BCUT2D eigenvalue weighted by molar-refractivity contribution is 5.22. The maximum atomic E-state index is 14.0. The minimum atomic E-state index is -0.145. The normalized spacial score (nSPS) is 19.0. The summed E-state index contributed by atoms with van der Waals surface area (Å²) in [5, 5.41) is 9.47. The summed E-state index contributed by atoms with van der Waals surface area (Å²) in [7, 11) is 0.